The van der Waals surface area contributed by atoms with E-state index < -0.39 is 17.2 Å². The van der Waals surface area contributed by atoms with Crippen LogP contribution in [0.5, 0.6) is 0 Å². The van der Waals surface area contributed by atoms with Crippen molar-refractivity contribution in [1.29, 1.82) is 0 Å². The number of aromatic nitrogens is 2. The molecule has 31 heavy (non-hydrogen) atoms. The fraction of sp³-hybridized carbons (Fsp3) is 0.435. The molecule has 0 spiro atoms. The third kappa shape index (κ3) is 5.74. The first-order chi connectivity index (χ1) is 14.3. The first-order valence-electron chi connectivity index (χ1n) is 10.1. The predicted molar refractivity (Wildman–Crippen MR) is 121 cm³/mol. The van der Waals surface area contributed by atoms with Gasteiger partial charge in [-0.25, -0.2) is 9.78 Å². The van der Waals surface area contributed by atoms with Crippen molar-refractivity contribution in [1.82, 2.24) is 15.3 Å². The number of nitrogens with one attached hydrogen (secondary N) is 2. The summed E-state index contributed by atoms with van der Waals surface area (Å²) in [7, 11) is 0. The number of rotatable bonds is 5. The van der Waals surface area contributed by atoms with Gasteiger partial charge in [-0.2, -0.15) is 0 Å². The van der Waals surface area contributed by atoms with Crippen molar-refractivity contribution in [3.05, 3.63) is 40.8 Å². The highest BCUT2D eigenvalue weighted by Crippen LogP contribution is 2.31. The molecule has 8 heteroatoms. The van der Waals surface area contributed by atoms with Crippen LogP contribution in [0.15, 0.2) is 24.4 Å². The molecule has 3 rings (SSSR count). The number of carbonyl (C=O) groups excluding carboxylic acids is 2. The number of hydrogen-bond acceptors (Lipinski definition) is 6. The SMILES string of the molecule is CC(C)(C)OC(=O)CNCc1nc2c(ccc3c[nH]c(Cl)cc32)c1C(=O)OC(C)(C)C. The average molecular weight is 446 g/mol. The standard InChI is InChI=1S/C23H28ClN3O4/c1-22(2,3)30-18(28)12-25-11-16-19(21(29)31-23(4,5)6)14-8-7-13-10-26-17(24)9-15(13)20(14)27-16/h7-10,25-26H,11-12H2,1-6H3. The second-order valence-electron chi connectivity index (χ2n) is 9.37. The molecule has 0 saturated heterocycles. The van der Waals surface area contributed by atoms with Crippen molar-refractivity contribution in [2.45, 2.75) is 59.3 Å². The van der Waals surface area contributed by atoms with Gasteiger partial charge in [-0.1, -0.05) is 23.7 Å². The molecule has 0 amide bonds. The van der Waals surface area contributed by atoms with Gasteiger partial charge in [0.05, 0.1) is 23.3 Å². The quantitative estimate of drug-likeness (QED) is 0.434. The highest BCUT2D eigenvalue weighted by Gasteiger charge is 2.26. The Kier molecular flexibility index (Phi) is 6.30. The van der Waals surface area contributed by atoms with Crippen molar-refractivity contribution in [3.63, 3.8) is 0 Å². The fourth-order valence-corrected chi connectivity index (χ4v) is 3.39. The molecule has 2 N–H and O–H groups in total. The van der Waals surface area contributed by atoms with Crippen molar-refractivity contribution >= 4 is 45.2 Å². The molecule has 7 nitrogen and oxygen atoms in total. The number of pyridine rings is 1. The fourth-order valence-electron chi connectivity index (χ4n) is 3.23. The molecule has 0 atom stereocenters. The van der Waals surface area contributed by atoms with Gasteiger partial charge in [0, 0.05) is 28.9 Å². The topological polar surface area (TPSA) is 93.3 Å². The van der Waals surface area contributed by atoms with Crippen LogP contribution < -0.4 is 5.32 Å². The third-order valence-corrected chi connectivity index (χ3v) is 4.50. The molecule has 2 heterocycles. The molecule has 0 unspecified atom stereocenters. The lowest BCUT2D eigenvalue weighted by Crippen LogP contribution is -2.31. The summed E-state index contributed by atoms with van der Waals surface area (Å²) in [5.74, 6) is -0.841. The summed E-state index contributed by atoms with van der Waals surface area (Å²) >= 11 is 6.15. The number of hydrogen-bond donors (Lipinski definition) is 2. The average Bonchev–Trinajstić information content (AvgIpc) is 2.97. The molecule has 0 aliphatic rings. The Labute approximate surface area is 186 Å². The van der Waals surface area contributed by atoms with Crippen molar-refractivity contribution in [3.8, 4) is 0 Å². The van der Waals surface area contributed by atoms with Crippen LogP contribution in [0, 0.1) is 0 Å². The van der Waals surface area contributed by atoms with Gasteiger partial charge in [0.25, 0.3) is 0 Å². The van der Waals surface area contributed by atoms with Crippen LogP contribution in [0.25, 0.3) is 21.7 Å². The smallest absolute Gasteiger partial charge is 0.341 e. The molecule has 0 bridgehead atoms. The first-order valence-corrected chi connectivity index (χ1v) is 10.5. The maximum absolute atomic E-state index is 13.0. The van der Waals surface area contributed by atoms with E-state index in [1.54, 1.807) is 12.3 Å². The van der Waals surface area contributed by atoms with Gasteiger partial charge >= 0.3 is 11.9 Å². The van der Waals surface area contributed by atoms with Gasteiger partial charge in [0.15, 0.2) is 0 Å². The van der Waals surface area contributed by atoms with Gasteiger partial charge in [-0.05, 0) is 47.6 Å². The summed E-state index contributed by atoms with van der Waals surface area (Å²) in [6.45, 7) is 11.1. The first kappa shape index (κ1) is 23.0. The molecule has 3 aromatic rings. The van der Waals surface area contributed by atoms with E-state index in [1.807, 2.05) is 53.7 Å². The summed E-state index contributed by atoms with van der Waals surface area (Å²) < 4.78 is 10.9. The maximum Gasteiger partial charge on any atom is 0.341 e. The Morgan fingerprint density at radius 3 is 2.39 bits per heavy atom. The number of fused-ring (bicyclic) bond motifs is 3. The monoisotopic (exact) mass is 445 g/mol. The summed E-state index contributed by atoms with van der Waals surface area (Å²) in [4.78, 5) is 32.7. The van der Waals surface area contributed by atoms with Crippen LogP contribution in [0.4, 0.5) is 0 Å². The number of carbonyl (C=O) groups is 2. The Hall–Kier alpha value is -2.64. The van der Waals surface area contributed by atoms with E-state index in [-0.39, 0.29) is 19.1 Å². The van der Waals surface area contributed by atoms with E-state index in [9.17, 15) is 9.59 Å². The van der Waals surface area contributed by atoms with Crippen LogP contribution in [0.1, 0.15) is 57.6 Å². The highest BCUT2D eigenvalue weighted by molar-refractivity contribution is 6.30. The molecule has 2 aromatic heterocycles. The minimum Gasteiger partial charge on any atom is -0.459 e. The molecular formula is C23H28ClN3O4. The molecule has 0 aliphatic carbocycles. The van der Waals surface area contributed by atoms with Gasteiger partial charge in [0.1, 0.15) is 16.4 Å². The van der Waals surface area contributed by atoms with Crippen LogP contribution in [-0.4, -0.2) is 39.7 Å². The van der Waals surface area contributed by atoms with Crippen LogP contribution >= 0.6 is 11.6 Å². The molecule has 0 fully saturated rings. The third-order valence-electron chi connectivity index (χ3n) is 4.28. The van der Waals surface area contributed by atoms with E-state index in [0.29, 0.717) is 27.3 Å². The van der Waals surface area contributed by atoms with Gasteiger partial charge < -0.3 is 19.8 Å². The Morgan fingerprint density at radius 2 is 1.74 bits per heavy atom. The van der Waals surface area contributed by atoms with E-state index in [2.05, 4.69) is 10.3 Å². The lowest BCUT2D eigenvalue weighted by Gasteiger charge is -2.20. The van der Waals surface area contributed by atoms with Gasteiger partial charge in [-0.3, -0.25) is 4.79 Å². The summed E-state index contributed by atoms with van der Waals surface area (Å²) in [5, 5.41) is 5.91. The Balaban J connectivity index is 1.99. The second kappa shape index (κ2) is 8.48. The zero-order chi connectivity index (χ0) is 23.0. The zero-order valence-corrected chi connectivity index (χ0v) is 19.4. The van der Waals surface area contributed by atoms with Gasteiger partial charge in [0.2, 0.25) is 0 Å². The molecule has 166 valence electrons. The zero-order valence-electron chi connectivity index (χ0n) is 18.7. The van der Waals surface area contributed by atoms with E-state index in [0.717, 1.165) is 10.8 Å². The molecule has 0 radical (unpaired) electrons. The number of halogens is 1. The number of benzene rings is 1. The number of ether oxygens (including phenoxy) is 2. The summed E-state index contributed by atoms with van der Waals surface area (Å²) in [5.41, 5.74) is 0.319. The number of aromatic amines is 1. The molecular weight excluding hydrogens is 418 g/mol. The van der Waals surface area contributed by atoms with Crippen molar-refractivity contribution < 1.29 is 19.1 Å². The van der Waals surface area contributed by atoms with Crippen LogP contribution in [0.2, 0.25) is 5.15 Å². The summed E-state index contributed by atoms with van der Waals surface area (Å²) in [6, 6.07) is 5.53. The van der Waals surface area contributed by atoms with Crippen molar-refractivity contribution in [2.75, 3.05) is 6.54 Å². The number of nitrogens with zero attached hydrogens (tertiary/aromatic N) is 1. The molecule has 0 aliphatic heterocycles. The predicted octanol–water partition coefficient (Wildman–Crippen LogP) is 4.76. The lowest BCUT2D eigenvalue weighted by atomic mass is 10.1. The molecule has 1 aromatic carbocycles. The van der Waals surface area contributed by atoms with Crippen LogP contribution in [-0.2, 0) is 20.8 Å². The molecule has 0 saturated carbocycles. The number of esters is 2. The van der Waals surface area contributed by atoms with E-state index >= 15 is 0 Å². The van der Waals surface area contributed by atoms with E-state index in [4.69, 9.17) is 26.1 Å². The minimum atomic E-state index is -0.656. The van der Waals surface area contributed by atoms with Crippen molar-refractivity contribution in [2.24, 2.45) is 0 Å². The number of H-pyrrole nitrogens is 1. The summed E-state index contributed by atoms with van der Waals surface area (Å²) in [6.07, 6.45) is 1.79. The van der Waals surface area contributed by atoms with Crippen LogP contribution in [0.3, 0.4) is 0 Å². The van der Waals surface area contributed by atoms with Gasteiger partial charge in [-0.15, -0.1) is 0 Å². The van der Waals surface area contributed by atoms with E-state index in [1.165, 1.54) is 0 Å². The lowest BCUT2D eigenvalue weighted by molar-refractivity contribution is -0.153. The highest BCUT2D eigenvalue weighted by atomic mass is 35.5. The second-order valence-corrected chi connectivity index (χ2v) is 9.78. The maximum atomic E-state index is 13.0. The Morgan fingerprint density at radius 1 is 1.06 bits per heavy atom. The normalized spacial score (nSPS) is 12.4. The Bertz CT molecular complexity index is 1140. The minimum absolute atomic E-state index is 0.00420. The largest absolute Gasteiger partial charge is 0.459 e.